The van der Waals surface area contributed by atoms with Crippen molar-refractivity contribution >= 4 is 34.5 Å². The first-order valence-electron chi connectivity index (χ1n) is 9.16. The molecule has 0 unspecified atom stereocenters. The van der Waals surface area contributed by atoms with E-state index in [0.29, 0.717) is 33.9 Å². The lowest BCUT2D eigenvalue weighted by Crippen LogP contribution is -2.44. The van der Waals surface area contributed by atoms with E-state index < -0.39 is 0 Å². The largest absolute Gasteiger partial charge is 0.339 e. The number of hydrogen-bond acceptors (Lipinski definition) is 5. The summed E-state index contributed by atoms with van der Waals surface area (Å²) in [6, 6.07) is 11.0. The molecule has 0 amide bonds. The highest BCUT2D eigenvalue weighted by atomic mass is 35.5. The second-order valence-corrected chi connectivity index (χ2v) is 9.20. The molecule has 0 radical (unpaired) electrons. The van der Waals surface area contributed by atoms with E-state index in [-0.39, 0.29) is 5.92 Å². The maximum atomic E-state index is 6.32. The molecule has 2 aromatic heterocycles. The number of halogens is 2. The zero-order valence-electron chi connectivity index (χ0n) is 14.8. The van der Waals surface area contributed by atoms with E-state index >= 15 is 0 Å². The number of aromatic nitrogens is 2. The maximum Gasteiger partial charge on any atom is 0.232 e. The summed E-state index contributed by atoms with van der Waals surface area (Å²) >= 11 is 14.1. The molecule has 2 saturated heterocycles. The van der Waals surface area contributed by atoms with Crippen molar-refractivity contribution in [3.8, 4) is 10.7 Å². The highest BCUT2D eigenvalue weighted by Gasteiger charge is 2.49. The molecule has 7 heteroatoms. The van der Waals surface area contributed by atoms with Crippen molar-refractivity contribution in [1.82, 2.24) is 15.0 Å². The van der Waals surface area contributed by atoms with E-state index in [1.165, 1.54) is 12.0 Å². The maximum absolute atomic E-state index is 6.32. The number of nitrogens with zero attached hydrogens (tertiary/aromatic N) is 3. The standard InChI is InChI=1S/C20H19Cl2N3OS/c1-25-12-5-7-16(25)18(13(10-12)11-4-6-14(21)15(22)9-11)20-23-19(24-26-20)17-3-2-8-27-17/h2-4,6,8-9,12-13,16,18H,5,7,10H2,1H3/t12-,13+,16-,18-/m1/s1. The van der Waals surface area contributed by atoms with Crippen molar-refractivity contribution < 1.29 is 4.52 Å². The molecule has 2 fully saturated rings. The SMILES string of the molecule is CN1[C@@H]2CC[C@@H]1[C@H](c1nc(-c3cccs3)no1)[C@H](c1ccc(Cl)c(Cl)c1)C2. The molecule has 2 aliphatic rings. The molecule has 2 aliphatic heterocycles. The summed E-state index contributed by atoms with van der Waals surface area (Å²) < 4.78 is 5.79. The number of fused-ring (bicyclic) bond motifs is 2. The normalized spacial score (nSPS) is 28.0. The Morgan fingerprint density at radius 3 is 2.85 bits per heavy atom. The van der Waals surface area contributed by atoms with Crippen LogP contribution in [0.25, 0.3) is 10.7 Å². The minimum atomic E-state index is 0.159. The summed E-state index contributed by atoms with van der Waals surface area (Å²) in [4.78, 5) is 8.32. The third kappa shape index (κ3) is 3.01. The van der Waals surface area contributed by atoms with Crippen LogP contribution in [-0.2, 0) is 0 Å². The van der Waals surface area contributed by atoms with Gasteiger partial charge in [0.2, 0.25) is 11.7 Å². The van der Waals surface area contributed by atoms with Crippen molar-refractivity contribution in [2.75, 3.05) is 7.05 Å². The van der Waals surface area contributed by atoms with Gasteiger partial charge in [0.05, 0.1) is 20.8 Å². The minimum absolute atomic E-state index is 0.159. The fraction of sp³-hybridized carbons (Fsp3) is 0.400. The Morgan fingerprint density at radius 1 is 1.19 bits per heavy atom. The highest BCUT2D eigenvalue weighted by Crippen LogP contribution is 2.51. The second-order valence-electron chi connectivity index (χ2n) is 7.44. The smallest absolute Gasteiger partial charge is 0.232 e. The Balaban J connectivity index is 1.56. The third-order valence-electron chi connectivity index (χ3n) is 6.11. The lowest BCUT2D eigenvalue weighted by atomic mass is 9.76. The molecule has 0 aliphatic carbocycles. The van der Waals surface area contributed by atoms with Crippen molar-refractivity contribution in [2.45, 2.75) is 43.2 Å². The third-order valence-corrected chi connectivity index (χ3v) is 7.71. The molecule has 3 aromatic rings. The first kappa shape index (κ1) is 17.7. The molecule has 0 spiro atoms. The number of likely N-dealkylation sites (N-methyl/N-ethyl adjacent to an activating group) is 1. The minimum Gasteiger partial charge on any atom is -0.339 e. The number of thiophene rings is 1. The molecular formula is C20H19Cl2N3OS. The first-order chi connectivity index (χ1) is 13.1. The van der Waals surface area contributed by atoms with Gasteiger partial charge in [0.25, 0.3) is 0 Å². The molecular weight excluding hydrogens is 401 g/mol. The average Bonchev–Trinajstić information content (AvgIpc) is 3.38. The predicted octanol–water partition coefficient (Wildman–Crippen LogP) is 5.84. The molecule has 1 aromatic carbocycles. The van der Waals surface area contributed by atoms with E-state index in [1.54, 1.807) is 11.3 Å². The van der Waals surface area contributed by atoms with Gasteiger partial charge in [0.1, 0.15) is 0 Å². The van der Waals surface area contributed by atoms with Crippen molar-refractivity contribution in [3.63, 3.8) is 0 Å². The molecule has 5 rings (SSSR count). The summed E-state index contributed by atoms with van der Waals surface area (Å²) in [6.07, 6.45) is 3.42. The van der Waals surface area contributed by atoms with Crippen LogP contribution in [0.15, 0.2) is 40.2 Å². The van der Waals surface area contributed by atoms with E-state index in [0.717, 1.165) is 23.6 Å². The molecule has 4 nitrogen and oxygen atoms in total. The topological polar surface area (TPSA) is 42.2 Å². The van der Waals surface area contributed by atoms with Gasteiger partial charge in [0.15, 0.2) is 0 Å². The van der Waals surface area contributed by atoms with E-state index in [2.05, 4.69) is 23.2 Å². The highest BCUT2D eigenvalue weighted by molar-refractivity contribution is 7.13. The molecule has 0 N–H and O–H groups in total. The number of hydrogen-bond donors (Lipinski definition) is 0. The number of piperidine rings is 1. The van der Waals surface area contributed by atoms with Gasteiger partial charge in [-0.15, -0.1) is 11.3 Å². The average molecular weight is 420 g/mol. The summed E-state index contributed by atoms with van der Waals surface area (Å²) in [7, 11) is 2.22. The lowest BCUT2D eigenvalue weighted by molar-refractivity contribution is 0.120. The van der Waals surface area contributed by atoms with Crippen LogP contribution in [0.3, 0.4) is 0 Å². The van der Waals surface area contributed by atoms with Gasteiger partial charge in [-0.2, -0.15) is 4.98 Å². The summed E-state index contributed by atoms with van der Waals surface area (Å²) in [5.41, 5.74) is 1.20. The monoisotopic (exact) mass is 419 g/mol. The fourth-order valence-electron chi connectivity index (χ4n) is 4.77. The van der Waals surface area contributed by atoms with Gasteiger partial charge in [0, 0.05) is 12.1 Å². The van der Waals surface area contributed by atoms with Crippen LogP contribution in [0.4, 0.5) is 0 Å². The fourth-order valence-corrected chi connectivity index (χ4v) is 5.72. The van der Waals surface area contributed by atoms with Crippen molar-refractivity contribution in [3.05, 3.63) is 57.2 Å². The molecule has 4 heterocycles. The number of rotatable bonds is 3. The Kier molecular flexibility index (Phi) is 4.51. The van der Waals surface area contributed by atoms with E-state index in [1.807, 2.05) is 29.6 Å². The molecule has 2 bridgehead atoms. The van der Waals surface area contributed by atoms with Gasteiger partial charge >= 0.3 is 0 Å². The van der Waals surface area contributed by atoms with E-state index in [9.17, 15) is 0 Å². The Bertz CT molecular complexity index is 958. The van der Waals surface area contributed by atoms with Crippen LogP contribution in [0.2, 0.25) is 10.0 Å². The molecule has 140 valence electrons. The quantitative estimate of drug-likeness (QED) is 0.534. The van der Waals surface area contributed by atoms with Gasteiger partial charge in [-0.3, -0.25) is 4.90 Å². The first-order valence-corrected chi connectivity index (χ1v) is 10.8. The van der Waals surface area contributed by atoms with Crippen molar-refractivity contribution in [2.24, 2.45) is 0 Å². The molecule has 4 atom stereocenters. The van der Waals surface area contributed by atoms with Crippen LogP contribution >= 0.6 is 34.5 Å². The van der Waals surface area contributed by atoms with Crippen LogP contribution in [0.5, 0.6) is 0 Å². The molecule has 0 saturated carbocycles. The Morgan fingerprint density at radius 2 is 2.07 bits per heavy atom. The lowest BCUT2D eigenvalue weighted by Gasteiger charge is -2.41. The van der Waals surface area contributed by atoms with Gasteiger partial charge in [-0.25, -0.2) is 0 Å². The Labute approximate surface area is 172 Å². The Hall–Kier alpha value is -1.40. The second kappa shape index (κ2) is 6.89. The van der Waals surface area contributed by atoms with Crippen LogP contribution < -0.4 is 0 Å². The zero-order chi connectivity index (χ0) is 18.5. The van der Waals surface area contributed by atoms with Gasteiger partial charge in [-0.1, -0.05) is 40.5 Å². The summed E-state index contributed by atoms with van der Waals surface area (Å²) in [5.74, 6) is 1.86. The van der Waals surface area contributed by atoms with Crippen molar-refractivity contribution in [1.29, 1.82) is 0 Å². The van der Waals surface area contributed by atoms with Crippen LogP contribution in [0, 0.1) is 0 Å². The summed E-state index contributed by atoms with van der Waals surface area (Å²) in [5, 5.41) is 7.48. The van der Waals surface area contributed by atoms with Gasteiger partial charge in [-0.05, 0) is 61.4 Å². The number of benzene rings is 1. The van der Waals surface area contributed by atoms with Crippen LogP contribution in [0.1, 0.15) is 42.6 Å². The molecule has 27 heavy (non-hydrogen) atoms. The van der Waals surface area contributed by atoms with Gasteiger partial charge < -0.3 is 4.52 Å². The van der Waals surface area contributed by atoms with E-state index in [4.69, 9.17) is 32.7 Å². The predicted molar refractivity (Wildman–Crippen MR) is 109 cm³/mol. The summed E-state index contributed by atoms with van der Waals surface area (Å²) in [6.45, 7) is 0. The zero-order valence-corrected chi connectivity index (χ0v) is 17.1. The van der Waals surface area contributed by atoms with Crippen LogP contribution in [-0.4, -0.2) is 34.2 Å².